The Hall–Kier alpha value is -2.05. The number of benzene rings is 1. The SMILES string of the molecule is O=C1N[C@H](c2cccc3c2OCO3)C(F)(F)CO1. The van der Waals surface area contributed by atoms with Crippen LogP contribution in [0.15, 0.2) is 18.2 Å². The molecule has 1 aromatic rings. The number of nitrogens with one attached hydrogen (secondary N) is 1. The lowest BCUT2D eigenvalue weighted by Gasteiger charge is -2.32. The predicted octanol–water partition coefficient (Wildman–Crippen LogP) is 1.83. The molecule has 2 aliphatic heterocycles. The van der Waals surface area contributed by atoms with Crippen molar-refractivity contribution in [3.63, 3.8) is 0 Å². The fourth-order valence-corrected chi connectivity index (χ4v) is 2.00. The third-order valence-corrected chi connectivity index (χ3v) is 2.82. The van der Waals surface area contributed by atoms with Crippen LogP contribution >= 0.6 is 0 Å². The van der Waals surface area contributed by atoms with Crippen LogP contribution in [0.5, 0.6) is 11.5 Å². The summed E-state index contributed by atoms with van der Waals surface area (Å²) in [6, 6.07) is 3.18. The first-order chi connectivity index (χ1) is 8.58. The minimum atomic E-state index is -3.20. The zero-order valence-corrected chi connectivity index (χ0v) is 9.11. The summed E-state index contributed by atoms with van der Waals surface area (Å²) < 4.78 is 42.1. The van der Waals surface area contributed by atoms with Crippen molar-refractivity contribution in [2.75, 3.05) is 13.4 Å². The molecule has 1 aromatic carbocycles. The van der Waals surface area contributed by atoms with Gasteiger partial charge in [0.2, 0.25) is 6.79 Å². The van der Waals surface area contributed by atoms with Gasteiger partial charge in [-0.15, -0.1) is 0 Å². The highest BCUT2D eigenvalue weighted by atomic mass is 19.3. The van der Waals surface area contributed by atoms with E-state index < -0.39 is 24.7 Å². The molecular formula is C11H9F2NO4. The zero-order chi connectivity index (χ0) is 12.8. The van der Waals surface area contributed by atoms with Crippen molar-refractivity contribution in [3.8, 4) is 11.5 Å². The Labute approximate surface area is 101 Å². The summed E-state index contributed by atoms with van der Waals surface area (Å²) in [5.74, 6) is -2.57. The largest absolute Gasteiger partial charge is 0.454 e. The molecule has 0 unspecified atom stereocenters. The van der Waals surface area contributed by atoms with E-state index in [0.717, 1.165) is 0 Å². The molecule has 0 bridgehead atoms. The van der Waals surface area contributed by atoms with E-state index in [9.17, 15) is 13.6 Å². The first-order valence-corrected chi connectivity index (χ1v) is 5.27. The van der Waals surface area contributed by atoms with Gasteiger partial charge in [0.05, 0.1) is 0 Å². The van der Waals surface area contributed by atoms with Crippen LogP contribution < -0.4 is 14.8 Å². The number of rotatable bonds is 1. The molecule has 3 rings (SSSR count). The highest BCUT2D eigenvalue weighted by Gasteiger charge is 2.48. The third kappa shape index (κ3) is 1.62. The van der Waals surface area contributed by atoms with E-state index in [1.807, 2.05) is 0 Å². The van der Waals surface area contributed by atoms with Gasteiger partial charge in [0, 0.05) is 5.56 Å². The number of para-hydroxylation sites is 1. The van der Waals surface area contributed by atoms with Crippen LogP contribution in [0.4, 0.5) is 13.6 Å². The van der Waals surface area contributed by atoms with Gasteiger partial charge in [-0.1, -0.05) is 12.1 Å². The monoisotopic (exact) mass is 257 g/mol. The molecule has 1 N–H and O–H groups in total. The summed E-state index contributed by atoms with van der Waals surface area (Å²) >= 11 is 0. The predicted molar refractivity (Wildman–Crippen MR) is 54.7 cm³/mol. The van der Waals surface area contributed by atoms with E-state index in [4.69, 9.17) is 9.47 Å². The second kappa shape index (κ2) is 3.72. The van der Waals surface area contributed by atoms with Crippen molar-refractivity contribution >= 4 is 6.09 Å². The Morgan fingerprint density at radius 1 is 1.28 bits per heavy atom. The number of fused-ring (bicyclic) bond motifs is 1. The minimum Gasteiger partial charge on any atom is -0.454 e. The van der Waals surface area contributed by atoms with Crippen molar-refractivity contribution in [1.82, 2.24) is 5.32 Å². The molecule has 2 heterocycles. The van der Waals surface area contributed by atoms with E-state index in [-0.39, 0.29) is 18.1 Å². The van der Waals surface area contributed by atoms with Gasteiger partial charge in [0.25, 0.3) is 0 Å². The molecule has 0 radical (unpaired) electrons. The van der Waals surface area contributed by atoms with Crippen LogP contribution in [0.2, 0.25) is 0 Å². The molecule has 1 saturated heterocycles. The summed E-state index contributed by atoms with van der Waals surface area (Å²) in [6.07, 6.45) is -0.873. The van der Waals surface area contributed by atoms with Crippen molar-refractivity contribution in [2.45, 2.75) is 12.0 Å². The Bertz CT molecular complexity index is 506. The van der Waals surface area contributed by atoms with Crippen LogP contribution in [-0.4, -0.2) is 25.4 Å². The van der Waals surface area contributed by atoms with Gasteiger partial charge >= 0.3 is 12.0 Å². The normalized spacial score (nSPS) is 24.3. The maximum atomic E-state index is 13.8. The molecule has 1 fully saturated rings. The van der Waals surface area contributed by atoms with Crippen LogP contribution in [-0.2, 0) is 4.74 Å². The Kier molecular flexibility index (Phi) is 2.29. The molecule has 5 nitrogen and oxygen atoms in total. The van der Waals surface area contributed by atoms with Crippen molar-refractivity contribution in [1.29, 1.82) is 0 Å². The van der Waals surface area contributed by atoms with Gasteiger partial charge in [0.15, 0.2) is 18.1 Å². The quantitative estimate of drug-likeness (QED) is 0.833. The molecule has 1 atom stereocenters. The zero-order valence-electron chi connectivity index (χ0n) is 9.11. The topological polar surface area (TPSA) is 56.8 Å². The standard InChI is InChI=1S/C11H9F2NO4/c12-11(13)4-16-10(15)14-9(11)6-2-1-3-7-8(6)18-5-17-7/h1-3,9H,4-5H2,(H,14,15)/t9-/m1/s1. The lowest BCUT2D eigenvalue weighted by molar-refractivity contribution is -0.104. The average molecular weight is 257 g/mol. The fraction of sp³-hybridized carbons (Fsp3) is 0.364. The number of hydrogen-bond acceptors (Lipinski definition) is 4. The van der Waals surface area contributed by atoms with E-state index in [2.05, 4.69) is 10.1 Å². The molecule has 0 aliphatic carbocycles. The maximum Gasteiger partial charge on any atom is 0.408 e. The van der Waals surface area contributed by atoms with Gasteiger partial charge in [-0.2, -0.15) is 0 Å². The summed E-state index contributed by atoms with van der Waals surface area (Å²) in [5.41, 5.74) is 0.187. The van der Waals surface area contributed by atoms with Crippen molar-refractivity contribution < 1.29 is 27.8 Å². The van der Waals surface area contributed by atoms with E-state index in [0.29, 0.717) is 5.75 Å². The van der Waals surface area contributed by atoms with Gasteiger partial charge in [-0.25, -0.2) is 13.6 Å². The maximum absolute atomic E-state index is 13.8. The summed E-state index contributed by atoms with van der Waals surface area (Å²) in [4.78, 5) is 11.1. The number of cyclic esters (lactones) is 1. The molecule has 96 valence electrons. The molecule has 18 heavy (non-hydrogen) atoms. The van der Waals surface area contributed by atoms with Gasteiger partial charge in [0.1, 0.15) is 6.04 Å². The highest BCUT2D eigenvalue weighted by Crippen LogP contribution is 2.44. The second-order valence-corrected chi connectivity index (χ2v) is 4.00. The molecule has 0 saturated carbocycles. The van der Waals surface area contributed by atoms with Crippen LogP contribution in [0.1, 0.15) is 11.6 Å². The lowest BCUT2D eigenvalue weighted by atomic mass is 9.99. The number of ether oxygens (including phenoxy) is 3. The van der Waals surface area contributed by atoms with Gasteiger partial charge in [-0.05, 0) is 6.07 Å². The third-order valence-electron chi connectivity index (χ3n) is 2.82. The molecule has 2 aliphatic rings. The number of carbonyl (C=O) groups excluding carboxylic acids is 1. The van der Waals surface area contributed by atoms with Gasteiger partial charge in [-0.3, -0.25) is 0 Å². The first kappa shape index (κ1) is 11.1. The number of hydrogen-bond donors (Lipinski definition) is 1. The number of carbonyl (C=O) groups is 1. The van der Waals surface area contributed by atoms with E-state index >= 15 is 0 Å². The Morgan fingerprint density at radius 2 is 2.11 bits per heavy atom. The number of alkyl carbamates (subject to hydrolysis) is 1. The van der Waals surface area contributed by atoms with Gasteiger partial charge < -0.3 is 19.5 Å². The number of alkyl halides is 2. The molecule has 1 amide bonds. The molecule has 0 spiro atoms. The van der Waals surface area contributed by atoms with Crippen molar-refractivity contribution in [3.05, 3.63) is 23.8 Å². The lowest BCUT2D eigenvalue weighted by Crippen LogP contribution is -2.49. The highest BCUT2D eigenvalue weighted by molar-refractivity contribution is 5.70. The second-order valence-electron chi connectivity index (χ2n) is 4.00. The van der Waals surface area contributed by atoms with Crippen molar-refractivity contribution in [2.24, 2.45) is 0 Å². The first-order valence-electron chi connectivity index (χ1n) is 5.27. The van der Waals surface area contributed by atoms with E-state index in [1.165, 1.54) is 6.07 Å². The van der Waals surface area contributed by atoms with Crippen LogP contribution in [0.3, 0.4) is 0 Å². The smallest absolute Gasteiger partial charge is 0.408 e. The molecule has 7 heteroatoms. The Balaban J connectivity index is 2.03. The number of amides is 1. The average Bonchev–Trinajstić information content (AvgIpc) is 2.80. The summed E-state index contributed by atoms with van der Waals surface area (Å²) in [5, 5.41) is 2.11. The number of halogens is 2. The van der Waals surface area contributed by atoms with Crippen LogP contribution in [0.25, 0.3) is 0 Å². The summed E-state index contributed by atoms with van der Waals surface area (Å²) in [7, 11) is 0. The molecular weight excluding hydrogens is 248 g/mol. The Morgan fingerprint density at radius 3 is 2.94 bits per heavy atom. The molecule has 0 aromatic heterocycles. The van der Waals surface area contributed by atoms with E-state index in [1.54, 1.807) is 12.1 Å². The summed E-state index contributed by atoms with van der Waals surface area (Å²) in [6.45, 7) is -0.969. The fourth-order valence-electron chi connectivity index (χ4n) is 2.00. The van der Waals surface area contributed by atoms with Crippen LogP contribution in [0, 0.1) is 0 Å². The minimum absolute atomic E-state index is 0.0188.